The van der Waals surface area contributed by atoms with Crippen molar-refractivity contribution < 1.29 is 4.43 Å². The van der Waals surface area contributed by atoms with E-state index in [1.807, 2.05) is 5.20 Å². The largest absolute Gasteiger partial charge is 0.546 e. The lowest BCUT2D eigenvalue weighted by Gasteiger charge is -2.40. The van der Waals surface area contributed by atoms with Gasteiger partial charge in [-0.15, -0.1) is 0 Å². The summed E-state index contributed by atoms with van der Waals surface area (Å²) < 4.78 is 7.05. The zero-order valence-corrected chi connectivity index (χ0v) is 22.7. The minimum atomic E-state index is -1.79. The second kappa shape index (κ2) is 5.34. The third kappa shape index (κ3) is 2.51. The highest BCUT2D eigenvalue weighted by Gasteiger charge is 2.80. The number of hydrogen-bond acceptors (Lipinski definition) is 1. The van der Waals surface area contributed by atoms with Crippen molar-refractivity contribution in [3.8, 4) is 0 Å². The molecule has 152 valence electrons. The Balaban J connectivity index is 1.82. The summed E-state index contributed by atoms with van der Waals surface area (Å²) in [5.41, 5.74) is 0. The Kier molecular flexibility index (Phi) is 4.00. The van der Waals surface area contributed by atoms with E-state index in [0.717, 1.165) is 23.7 Å². The summed E-state index contributed by atoms with van der Waals surface area (Å²) in [6.45, 7) is 27.7. The highest BCUT2D eigenvalue weighted by molar-refractivity contribution is 6.84. The molecule has 0 aromatic heterocycles. The fourth-order valence-corrected chi connectivity index (χ4v) is 14.2. The molecule has 0 saturated heterocycles. The van der Waals surface area contributed by atoms with Crippen molar-refractivity contribution in [2.24, 2.45) is 29.6 Å². The molecule has 5 aliphatic rings. The first kappa shape index (κ1) is 20.2. The van der Waals surface area contributed by atoms with Crippen molar-refractivity contribution in [2.75, 3.05) is 0 Å². The van der Waals surface area contributed by atoms with Crippen LogP contribution >= 0.6 is 0 Å². The average Bonchev–Trinajstić information content (AvgIpc) is 2.78. The topological polar surface area (TPSA) is 9.23 Å². The second-order valence-corrected chi connectivity index (χ2v) is 28.7. The lowest BCUT2D eigenvalue weighted by molar-refractivity contribution is 0.283. The summed E-state index contributed by atoms with van der Waals surface area (Å²) in [7, 11) is -4.36. The number of hydrogen-bond donors (Lipinski definition) is 0. The Labute approximate surface area is 171 Å². The van der Waals surface area contributed by atoms with E-state index in [9.17, 15) is 0 Å². The molecular weight excluding hydrogens is 377 g/mol. The van der Waals surface area contributed by atoms with E-state index < -0.39 is 24.5 Å². The first-order valence-electron chi connectivity index (χ1n) is 11.2. The maximum Gasteiger partial charge on any atom is 0.250 e. The van der Waals surface area contributed by atoms with Gasteiger partial charge in [-0.3, -0.25) is 0 Å². The number of rotatable bonds is 4. The van der Waals surface area contributed by atoms with Gasteiger partial charge in [0.1, 0.15) is 0 Å². The van der Waals surface area contributed by atoms with E-state index in [4.69, 9.17) is 4.43 Å². The van der Waals surface area contributed by atoms with Crippen molar-refractivity contribution in [2.45, 2.75) is 89.6 Å². The summed E-state index contributed by atoms with van der Waals surface area (Å²) in [4.78, 5) is 0. The minimum Gasteiger partial charge on any atom is -0.546 e. The van der Waals surface area contributed by atoms with E-state index in [1.54, 1.807) is 0 Å². The molecular formula is C23H42OSi3. The van der Waals surface area contributed by atoms with Gasteiger partial charge in [-0.25, -0.2) is 0 Å². The molecule has 5 aliphatic carbocycles. The molecule has 0 aliphatic heterocycles. The molecule has 0 amide bonds. The first-order valence-corrected chi connectivity index (χ1v) is 21.1. The third-order valence-corrected chi connectivity index (χ3v) is 19.3. The highest BCUT2D eigenvalue weighted by atomic mass is 28.4. The fourth-order valence-electron chi connectivity index (χ4n) is 6.96. The van der Waals surface area contributed by atoms with Gasteiger partial charge >= 0.3 is 0 Å². The zero-order valence-electron chi connectivity index (χ0n) is 19.7. The van der Waals surface area contributed by atoms with E-state index in [0.29, 0.717) is 11.0 Å². The fraction of sp³-hybridized carbons (Fsp3) is 0.826. The molecule has 2 saturated carbocycles. The molecule has 0 radical (unpaired) electrons. The van der Waals surface area contributed by atoms with Crippen LogP contribution in [0.3, 0.4) is 0 Å². The van der Waals surface area contributed by atoms with Gasteiger partial charge in [0.2, 0.25) is 8.32 Å². The maximum absolute atomic E-state index is 7.05. The van der Waals surface area contributed by atoms with Crippen LogP contribution in [0.15, 0.2) is 23.1 Å². The normalized spacial score (nSPS) is 40.5. The van der Waals surface area contributed by atoms with Crippen molar-refractivity contribution in [3.63, 3.8) is 0 Å². The van der Waals surface area contributed by atoms with Crippen molar-refractivity contribution >= 4 is 24.5 Å². The molecule has 0 aromatic carbocycles. The summed E-state index contributed by atoms with van der Waals surface area (Å²) in [6, 6.07) is 0. The van der Waals surface area contributed by atoms with Crippen LogP contribution in [0.4, 0.5) is 0 Å². The van der Waals surface area contributed by atoms with Crippen LogP contribution in [0, 0.1) is 29.6 Å². The predicted molar refractivity (Wildman–Crippen MR) is 126 cm³/mol. The van der Waals surface area contributed by atoms with Gasteiger partial charge in [0.05, 0.1) is 21.9 Å². The van der Waals surface area contributed by atoms with Gasteiger partial charge in [-0.1, -0.05) is 71.3 Å². The van der Waals surface area contributed by atoms with Gasteiger partial charge in [-0.2, -0.15) is 0 Å². The van der Waals surface area contributed by atoms with Gasteiger partial charge in [0.15, 0.2) is 0 Å². The Hall–Kier alpha value is -0.0694. The molecule has 2 fully saturated rings. The van der Waals surface area contributed by atoms with Gasteiger partial charge in [0.25, 0.3) is 0 Å². The predicted octanol–water partition coefficient (Wildman–Crippen LogP) is 7.30. The standard InChI is InChI=1S/C23H42OSi3/c1-22(2,3)27(10,11)24-19-14-18-17-12-16-15(19)13-20(25(4,5)6)21(16)23(17,18)26(7,8)9/h13-18,21H,12H2,1-11H3. The molecule has 0 aromatic rings. The number of allylic oxidation sites excluding steroid dienone is 3. The van der Waals surface area contributed by atoms with Crippen LogP contribution in [0.25, 0.3) is 0 Å². The molecule has 6 unspecified atom stereocenters. The zero-order chi connectivity index (χ0) is 20.4. The second-order valence-electron chi connectivity index (χ2n) is 13.5. The quantitative estimate of drug-likeness (QED) is 0.435. The summed E-state index contributed by atoms with van der Waals surface area (Å²) in [6.07, 6.45) is 6.88. The molecule has 0 heterocycles. The monoisotopic (exact) mass is 418 g/mol. The van der Waals surface area contributed by atoms with Crippen LogP contribution in [-0.4, -0.2) is 24.5 Å². The van der Waals surface area contributed by atoms with E-state index >= 15 is 0 Å². The van der Waals surface area contributed by atoms with Crippen LogP contribution in [0.5, 0.6) is 0 Å². The van der Waals surface area contributed by atoms with Crippen molar-refractivity contribution in [3.05, 3.63) is 23.1 Å². The summed E-state index contributed by atoms with van der Waals surface area (Å²) in [5, 5.41) is 2.82. The van der Waals surface area contributed by atoms with Crippen molar-refractivity contribution in [1.82, 2.24) is 0 Å². The highest BCUT2D eigenvalue weighted by Crippen LogP contribution is 2.87. The van der Waals surface area contributed by atoms with E-state index in [-0.39, 0.29) is 5.04 Å². The molecule has 6 bridgehead atoms. The molecule has 4 heteroatoms. The molecule has 0 spiro atoms. The van der Waals surface area contributed by atoms with E-state index in [1.165, 1.54) is 12.2 Å². The Morgan fingerprint density at radius 3 is 2.04 bits per heavy atom. The Morgan fingerprint density at radius 1 is 0.963 bits per heavy atom. The SMILES string of the molecule is CC(C)(C)[Si](C)(C)OC1=CC2C3CC4C1C=C([Si](C)(C)C)C4C23[Si](C)(C)C. The van der Waals surface area contributed by atoms with Gasteiger partial charge in [-0.05, 0) is 59.3 Å². The summed E-state index contributed by atoms with van der Waals surface area (Å²) in [5.74, 6) is 5.48. The van der Waals surface area contributed by atoms with Crippen LogP contribution in [0.2, 0.25) is 62.5 Å². The smallest absolute Gasteiger partial charge is 0.250 e. The van der Waals surface area contributed by atoms with Crippen LogP contribution < -0.4 is 0 Å². The molecule has 1 nitrogen and oxygen atoms in total. The molecule has 0 N–H and O–H groups in total. The van der Waals surface area contributed by atoms with Crippen LogP contribution in [0.1, 0.15) is 27.2 Å². The van der Waals surface area contributed by atoms with Crippen LogP contribution in [-0.2, 0) is 4.43 Å². The maximum atomic E-state index is 7.05. The molecule has 6 atom stereocenters. The van der Waals surface area contributed by atoms with E-state index in [2.05, 4.69) is 85.3 Å². The third-order valence-electron chi connectivity index (χ3n) is 9.13. The first-order chi connectivity index (χ1) is 12.0. The lowest BCUT2D eigenvalue weighted by Crippen LogP contribution is -2.41. The molecule has 27 heavy (non-hydrogen) atoms. The lowest BCUT2D eigenvalue weighted by atomic mass is 9.87. The Bertz CT molecular complexity index is 728. The average molecular weight is 419 g/mol. The van der Waals surface area contributed by atoms with Gasteiger partial charge in [0, 0.05) is 5.92 Å². The Morgan fingerprint density at radius 2 is 1.56 bits per heavy atom. The minimum absolute atomic E-state index is 0.270. The van der Waals surface area contributed by atoms with Gasteiger partial charge < -0.3 is 4.43 Å². The van der Waals surface area contributed by atoms with Crippen molar-refractivity contribution in [1.29, 1.82) is 0 Å². The summed E-state index contributed by atoms with van der Waals surface area (Å²) >= 11 is 0. The molecule has 5 rings (SSSR count).